The number of hydrogen-bond donors (Lipinski definition) is 2. The predicted molar refractivity (Wildman–Crippen MR) is 55.1 cm³/mol. The Morgan fingerprint density at radius 3 is 2.86 bits per heavy atom. The molecule has 0 aromatic heterocycles. The fourth-order valence-corrected chi connectivity index (χ4v) is 2.22. The SMILES string of the molecule is CCCC[C@H]1CN(C)C[C@@]1(N)C(=O)O. The Bertz CT molecular complexity index is 220. The zero-order valence-corrected chi connectivity index (χ0v) is 8.99. The largest absolute Gasteiger partial charge is 0.480 e. The van der Waals surface area contributed by atoms with Gasteiger partial charge in [-0.15, -0.1) is 0 Å². The van der Waals surface area contributed by atoms with Gasteiger partial charge in [-0.25, -0.2) is 0 Å². The van der Waals surface area contributed by atoms with Crippen molar-refractivity contribution in [2.75, 3.05) is 20.1 Å². The maximum Gasteiger partial charge on any atom is 0.325 e. The first kappa shape index (κ1) is 11.5. The van der Waals surface area contributed by atoms with Gasteiger partial charge >= 0.3 is 5.97 Å². The number of carboxylic acid groups (broad SMARTS) is 1. The topological polar surface area (TPSA) is 66.6 Å². The van der Waals surface area contributed by atoms with Crippen molar-refractivity contribution in [3.63, 3.8) is 0 Å². The number of hydrogen-bond acceptors (Lipinski definition) is 3. The molecule has 4 nitrogen and oxygen atoms in total. The number of aliphatic carboxylic acids is 1. The highest BCUT2D eigenvalue weighted by molar-refractivity contribution is 5.79. The van der Waals surface area contributed by atoms with Crippen molar-refractivity contribution in [3.05, 3.63) is 0 Å². The average Bonchev–Trinajstić information content (AvgIpc) is 2.39. The van der Waals surface area contributed by atoms with Gasteiger partial charge in [0.2, 0.25) is 0 Å². The van der Waals surface area contributed by atoms with Gasteiger partial charge in [0, 0.05) is 19.0 Å². The molecule has 14 heavy (non-hydrogen) atoms. The minimum absolute atomic E-state index is 0.102. The standard InChI is InChI=1S/C10H20N2O2/c1-3-4-5-8-6-12(2)7-10(8,11)9(13)14/h8H,3-7,11H2,1-2H3,(H,13,14)/t8-,10-/m0/s1. The fraction of sp³-hybridized carbons (Fsp3) is 0.900. The lowest BCUT2D eigenvalue weighted by Gasteiger charge is -2.25. The normalized spacial score (nSPS) is 33.5. The van der Waals surface area contributed by atoms with Crippen molar-refractivity contribution < 1.29 is 9.90 Å². The van der Waals surface area contributed by atoms with Crippen LogP contribution in [0, 0.1) is 5.92 Å². The van der Waals surface area contributed by atoms with E-state index >= 15 is 0 Å². The van der Waals surface area contributed by atoms with Crippen molar-refractivity contribution in [2.24, 2.45) is 11.7 Å². The van der Waals surface area contributed by atoms with Crippen LogP contribution in [0.15, 0.2) is 0 Å². The maximum atomic E-state index is 11.1. The molecule has 0 amide bonds. The van der Waals surface area contributed by atoms with Crippen LogP contribution in [0.25, 0.3) is 0 Å². The van der Waals surface area contributed by atoms with Crippen LogP contribution in [-0.2, 0) is 4.79 Å². The van der Waals surface area contributed by atoms with Gasteiger partial charge in [0.1, 0.15) is 5.54 Å². The highest BCUT2D eigenvalue weighted by Gasteiger charge is 2.47. The van der Waals surface area contributed by atoms with E-state index in [4.69, 9.17) is 10.8 Å². The lowest BCUT2D eigenvalue weighted by Crippen LogP contribution is -2.54. The average molecular weight is 200 g/mol. The molecule has 3 N–H and O–H groups in total. The smallest absolute Gasteiger partial charge is 0.325 e. The fourth-order valence-electron chi connectivity index (χ4n) is 2.22. The van der Waals surface area contributed by atoms with Gasteiger partial charge in [-0.05, 0) is 13.5 Å². The molecule has 82 valence electrons. The van der Waals surface area contributed by atoms with Crippen LogP contribution in [0.5, 0.6) is 0 Å². The first-order chi connectivity index (χ1) is 6.50. The molecule has 0 spiro atoms. The maximum absolute atomic E-state index is 11.1. The minimum Gasteiger partial charge on any atom is -0.480 e. The van der Waals surface area contributed by atoms with Gasteiger partial charge in [0.05, 0.1) is 0 Å². The Morgan fingerprint density at radius 2 is 2.36 bits per heavy atom. The molecule has 0 radical (unpaired) electrons. The molecule has 1 fully saturated rings. The third kappa shape index (κ3) is 2.07. The highest BCUT2D eigenvalue weighted by Crippen LogP contribution is 2.29. The van der Waals surface area contributed by atoms with Crippen molar-refractivity contribution in [3.8, 4) is 0 Å². The zero-order valence-electron chi connectivity index (χ0n) is 8.99. The van der Waals surface area contributed by atoms with Crippen LogP contribution >= 0.6 is 0 Å². The summed E-state index contributed by atoms with van der Waals surface area (Å²) in [7, 11) is 1.93. The molecule has 0 aliphatic carbocycles. The summed E-state index contributed by atoms with van der Waals surface area (Å²) in [5.41, 5.74) is 4.91. The number of unbranched alkanes of at least 4 members (excludes halogenated alkanes) is 1. The van der Waals surface area contributed by atoms with Crippen molar-refractivity contribution >= 4 is 5.97 Å². The van der Waals surface area contributed by atoms with Crippen LogP contribution in [0.3, 0.4) is 0 Å². The molecule has 0 saturated carbocycles. The van der Waals surface area contributed by atoms with E-state index in [0.717, 1.165) is 25.8 Å². The molecule has 1 aliphatic heterocycles. The number of likely N-dealkylation sites (tertiary alicyclic amines) is 1. The van der Waals surface area contributed by atoms with Gasteiger partial charge in [0.15, 0.2) is 0 Å². The van der Waals surface area contributed by atoms with E-state index in [1.165, 1.54) is 0 Å². The summed E-state index contributed by atoms with van der Waals surface area (Å²) in [5, 5.41) is 9.11. The van der Waals surface area contributed by atoms with Crippen LogP contribution in [0.4, 0.5) is 0 Å². The van der Waals surface area contributed by atoms with Gasteiger partial charge in [-0.1, -0.05) is 19.8 Å². The molecular weight excluding hydrogens is 180 g/mol. The second-order valence-electron chi connectivity index (χ2n) is 4.38. The molecule has 1 rings (SSSR count). The number of nitrogens with zero attached hydrogens (tertiary/aromatic N) is 1. The molecule has 0 aromatic rings. The van der Waals surface area contributed by atoms with Crippen molar-refractivity contribution in [1.82, 2.24) is 4.90 Å². The summed E-state index contributed by atoms with van der Waals surface area (Å²) in [4.78, 5) is 13.1. The first-order valence-electron chi connectivity index (χ1n) is 5.21. The molecule has 0 bridgehead atoms. The van der Waals surface area contributed by atoms with Crippen molar-refractivity contribution in [2.45, 2.75) is 31.7 Å². The molecule has 1 aliphatic rings. The molecule has 4 heteroatoms. The summed E-state index contributed by atoms with van der Waals surface area (Å²) in [5.74, 6) is -0.757. The molecule has 0 aromatic carbocycles. The molecule has 1 heterocycles. The Morgan fingerprint density at radius 1 is 1.71 bits per heavy atom. The number of rotatable bonds is 4. The number of nitrogens with two attached hydrogens (primary N) is 1. The van der Waals surface area contributed by atoms with E-state index in [1.807, 2.05) is 11.9 Å². The zero-order chi connectivity index (χ0) is 10.8. The van der Waals surface area contributed by atoms with E-state index in [9.17, 15) is 4.79 Å². The van der Waals surface area contributed by atoms with E-state index in [-0.39, 0.29) is 5.92 Å². The second kappa shape index (κ2) is 4.28. The Kier molecular flexibility index (Phi) is 3.50. The molecule has 2 atom stereocenters. The Hall–Kier alpha value is -0.610. The van der Waals surface area contributed by atoms with Crippen LogP contribution in [-0.4, -0.2) is 41.7 Å². The van der Waals surface area contributed by atoms with E-state index in [2.05, 4.69) is 6.92 Å². The number of carboxylic acids is 1. The van der Waals surface area contributed by atoms with Crippen molar-refractivity contribution in [1.29, 1.82) is 0 Å². The quantitative estimate of drug-likeness (QED) is 0.694. The summed E-state index contributed by atoms with van der Waals surface area (Å²) in [6.45, 7) is 3.39. The van der Waals surface area contributed by atoms with Gasteiger partial charge < -0.3 is 15.7 Å². The molecule has 1 saturated heterocycles. The van der Waals surface area contributed by atoms with Gasteiger partial charge in [-0.3, -0.25) is 4.79 Å². The monoisotopic (exact) mass is 200 g/mol. The number of likely N-dealkylation sites (N-methyl/N-ethyl adjacent to an activating group) is 1. The van der Waals surface area contributed by atoms with E-state index < -0.39 is 11.5 Å². The number of carbonyl (C=O) groups is 1. The molecule has 0 unspecified atom stereocenters. The molecular formula is C10H20N2O2. The second-order valence-corrected chi connectivity index (χ2v) is 4.38. The lowest BCUT2D eigenvalue weighted by atomic mass is 9.84. The van der Waals surface area contributed by atoms with Gasteiger partial charge in [-0.2, -0.15) is 0 Å². The summed E-state index contributed by atoms with van der Waals surface area (Å²) < 4.78 is 0. The summed E-state index contributed by atoms with van der Waals surface area (Å²) in [6, 6.07) is 0. The summed E-state index contributed by atoms with van der Waals surface area (Å²) in [6.07, 6.45) is 3.07. The lowest BCUT2D eigenvalue weighted by molar-refractivity contribution is -0.144. The van der Waals surface area contributed by atoms with E-state index in [1.54, 1.807) is 0 Å². The first-order valence-corrected chi connectivity index (χ1v) is 5.21. The minimum atomic E-state index is -1.02. The van der Waals surface area contributed by atoms with Crippen LogP contribution < -0.4 is 5.73 Å². The van der Waals surface area contributed by atoms with Crippen LogP contribution in [0.1, 0.15) is 26.2 Å². The Labute approximate surface area is 85.1 Å². The van der Waals surface area contributed by atoms with Crippen LogP contribution in [0.2, 0.25) is 0 Å². The predicted octanol–water partition coefficient (Wildman–Crippen LogP) is 0.520. The Balaban J connectivity index is 2.66. The third-order valence-electron chi connectivity index (χ3n) is 3.10. The van der Waals surface area contributed by atoms with E-state index in [0.29, 0.717) is 6.54 Å². The highest BCUT2D eigenvalue weighted by atomic mass is 16.4. The van der Waals surface area contributed by atoms with Gasteiger partial charge in [0.25, 0.3) is 0 Å². The summed E-state index contributed by atoms with van der Waals surface area (Å²) >= 11 is 0. The third-order valence-corrected chi connectivity index (χ3v) is 3.10.